The summed E-state index contributed by atoms with van der Waals surface area (Å²) in [5, 5.41) is 0. The van der Waals surface area contributed by atoms with E-state index in [9.17, 15) is 8.42 Å². The quantitative estimate of drug-likeness (QED) is 0.651. The van der Waals surface area contributed by atoms with E-state index in [1.54, 1.807) is 25.1 Å². The molecule has 0 aliphatic carbocycles. The van der Waals surface area contributed by atoms with Gasteiger partial charge in [0.1, 0.15) is 0 Å². The van der Waals surface area contributed by atoms with E-state index < -0.39 is 10.0 Å². The van der Waals surface area contributed by atoms with Gasteiger partial charge >= 0.3 is 0 Å². The monoisotopic (exact) mass is 293 g/mol. The molecule has 0 aromatic heterocycles. The van der Waals surface area contributed by atoms with Crippen molar-refractivity contribution in [2.24, 2.45) is 0 Å². The minimum atomic E-state index is -3.44. The molecule has 108 valence electrons. The Kier molecular flexibility index (Phi) is 4.33. The maximum atomic E-state index is 12.5. The third-order valence-corrected chi connectivity index (χ3v) is 5.42. The van der Waals surface area contributed by atoms with Crippen LogP contribution >= 0.6 is 0 Å². The highest BCUT2D eigenvalue weighted by Gasteiger charge is 2.28. The molecule has 1 aliphatic heterocycles. The lowest BCUT2D eigenvalue weighted by Gasteiger charge is -2.32. The van der Waals surface area contributed by atoms with Gasteiger partial charge in [0.25, 0.3) is 0 Å². The fourth-order valence-corrected chi connectivity index (χ4v) is 3.72. The molecule has 1 aromatic carbocycles. The molecule has 2 rings (SSSR count). The molecule has 1 fully saturated rings. The van der Waals surface area contributed by atoms with Crippen LogP contribution in [-0.2, 0) is 10.0 Å². The van der Waals surface area contributed by atoms with Crippen LogP contribution < -0.4 is 5.73 Å². The van der Waals surface area contributed by atoms with Gasteiger partial charge in [0.2, 0.25) is 10.0 Å². The van der Waals surface area contributed by atoms with Gasteiger partial charge in [-0.25, -0.2) is 8.42 Å². The van der Waals surface area contributed by atoms with Gasteiger partial charge in [0, 0.05) is 31.9 Å². The number of sulfonamides is 1. The molecule has 20 heavy (non-hydrogen) atoms. The van der Waals surface area contributed by atoms with Gasteiger partial charge in [-0.3, -0.25) is 4.90 Å². The van der Waals surface area contributed by atoms with Gasteiger partial charge in [-0.15, -0.1) is 6.42 Å². The second-order valence-electron chi connectivity index (χ2n) is 4.90. The molecule has 6 heteroatoms. The molecule has 0 unspecified atom stereocenters. The Morgan fingerprint density at radius 1 is 1.30 bits per heavy atom. The maximum absolute atomic E-state index is 12.5. The van der Waals surface area contributed by atoms with Crippen molar-refractivity contribution in [2.45, 2.75) is 11.8 Å². The first kappa shape index (κ1) is 14.9. The molecular formula is C14H19N3O2S. The molecule has 1 aromatic rings. The number of nitrogens with zero attached hydrogens (tertiary/aromatic N) is 2. The molecule has 0 amide bonds. The van der Waals surface area contributed by atoms with E-state index >= 15 is 0 Å². The first-order chi connectivity index (χ1) is 9.45. The highest BCUT2D eigenvalue weighted by molar-refractivity contribution is 7.89. The summed E-state index contributed by atoms with van der Waals surface area (Å²) in [6, 6.07) is 4.82. The van der Waals surface area contributed by atoms with Crippen LogP contribution in [0.25, 0.3) is 0 Å². The molecule has 5 nitrogen and oxygen atoms in total. The summed E-state index contributed by atoms with van der Waals surface area (Å²) in [6.07, 6.45) is 5.27. The van der Waals surface area contributed by atoms with Crippen molar-refractivity contribution in [3.63, 3.8) is 0 Å². The topological polar surface area (TPSA) is 66.6 Å². The Morgan fingerprint density at radius 3 is 2.50 bits per heavy atom. The van der Waals surface area contributed by atoms with E-state index in [4.69, 9.17) is 12.2 Å². The van der Waals surface area contributed by atoms with Crippen molar-refractivity contribution in [3.05, 3.63) is 23.8 Å². The number of benzene rings is 1. The summed E-state index contributed by atoms with van der Waals surface area (Å²) in [4.78, 5) is 2.37. The molecule has 0 saturated carbocycles. The van der Waals surface area contributed by atoms with Crippen LogP contribution in [0.1, 0.15) is 5.56 Å². The Bertz CT molecular complexity index is 626. The fourth-order valence-electron chi connectivity index (χ4n) is 2.21. The highest BCUT2D eigenvalue weighted by Crippen LogP contribution is 2.21. The minimum absolute atomic E-state index is 0.301. The lowest BCUT2D eigenvalue weighted by Crippen LogP contribution is -2.48. The Balaban J connectivity index is 2.16. The third kappa shape index (κ3) is 2.96. The number of rotatable bonds is 3. The Hall–Kier alpha value is -1.55. The van der Waals surface area contributed by atoms with Crippen LogP contribution in [0.3, 0.4) is 0 Å². The number of nitrogens with two attached hydrogens (primary N) is 1. The SMILES string of the molecule is C#CCN1CCN(S(=O)(=O)c2ccc(N)c(C)c2)CC1. The van der Waals surface area contributed by atoms with Gasteiger partial charge in [-0.05, 0) is 30.7 Å². The fraction of sp³-hybridized carbons (Fsp3) is 0.429. The predicted octanol–water partition coefficient (Wildman–Crippen LogP) is 0.517. The van der Waals surface area contributed by atoms with Crippen LogP contribution in [0.4, 0.5) is 5.69 Å². The molecule has 0 atom stereocenters. The smallest absolute Gasteiger partial charge is 0.243 e. The predicted molar refractivity (Wildman–Crippen MR) is 79.6 cm³/mol. The maximum Gasteiger partial charge on any atom is 0.243 e. The van der Waals surface area contributed by atoms with Crippen LogP contribution in [0.15, 0.2) is 23.1 Å². The zero-order chi connectivity index (χ0) is 14.8. The molecule has 1 aliphatic rings. The number of anilines is 1. The standard InChI is InChI=1S/C14H19N3O2S/c1-3-6-16-7-9-17(10-8-16)20(18,19)13-4-5-14(15)12(2)11-13/h1,4-5,11H,6-10,15H2,2H3. The molecule has 0 spiro atoms. The minimum Gasteiger partial charge on any atom is -0.399 e. The summed E-state index contributed by atoms with van der Waals surface area (Å²) >= 11 is 0. The molecule has 0 radical (unpaired) electrons. The average Bonchev–Trinajstić information content (AvgIpc) is 2.43. The van der Waals surface area contributed by atoms with Crippen molar-refractivity contribution in [3.8, 4) is 12.3 Å². The second kappa shape index (κ2) is 5.83. The average molecular weight is 293 g/mol. The number of nitrogen functional groups attached to an aromatic ring is 1. The lowest BCUT2D eigenvalue weighted by molar-refractivity contribution is 0.207. The van der Waals surface area contributed by atoms with Crippen LogP contribution in [0.2, 0.25) is 0 Å². The van der Waals surface area contributed by atoms with Crippen molar-refractivity contribution in [1.29, 1.82) is 0 Å². The van der Waals surface area contributed by atoms with Crippen molar-refractivity contribution in [2.75, 3.05) is 38.5 Å². The summed E-state index contributed by atoms with van der Waals surface area (Å²) in [5.74, 6) is 2.58. The van der Waals surface area contributed by atoms with Gasteiger partial charge in [0.05, 0.1) is 11.4 Å². The normalized spacial score (nSPS) is 17.8. The van der Waals surface area contributed by atoms with Crippen LogP contribution in [-0.4, -0.2) is 50.3 Å². The Labute approximate surface area is 120 Å². The van der Waals surface area contributed by atoms with Crippen LogP contribution in [0, 0.1) is 19.3 Å². The zero-order valence-corrected chi connectivity index (χ0v) is 12.4. The third-order valence-electron chi connectivity index (χ3n) is 3.53. The van der Waals surface area contributed by atoms with Crippen molar-refractivity contribution >= 4 is 15.7 Å². The van der Waals surface area contributed by atoms with E-state index in [1.807, 2.05) is 0 Å². The van der Waals surface area contributed by atoms with Gasteiger partial charge in [0.15, 0.2) is 0 Å². The van der Waals surface area contributed by atoms with E-state index in [2.05, 4.69) is 10.8 Å². The second-order valence-corrected chi connectivity index (χ2v) is 6.84. The number of hydrogen-bond acceptors (Lipinski definition) is 4. The summed E-state index contributed by atoms with van der Waals surface area (Å²) in [5.41, 5.74) is 7.10. The first-order valence-electron chi connectivity index (χ1n) is 6.47. The molecule has 0 bridgehead atoms. The Morgan fingerprint density at radius 2 is 1.95 bits per heavy atom. The molecule has 1 heterocycles. The van der Waals surface area contributed by atoms with Crippen LogP contribution in [0.5, 0.6) is 0 Å². The van der Waals surface area contributed by atoms with E-state index in [0.29, 0.717) is 43.3 Å². The van der Waals surface area contributed by atoms with Gasteiger partial charge < -0.3 is 5.73 Å². The van der Waals surface area contributed by atoms with Crippen molar-refractivity contribution in [1.82, 2.24) is 9.21 Å². The molecular weight excluding hydrogens is 274 g/mol. The van der Waals surface area contributed by atoms with Crippen molar-refractivity contribution < 1.29 is 8.42 Å². The first-order valence-corrected chi connectivity index (χ1v) is 7.91. The van der Waals surface area contributed by atoms with E-state index in [-0.39, 0.29) is 0 Å². The summed E-state index contributed by atoms with van der Waals surface area (Å²) in [7, 11) is -3.44. The number of aryl methyl sites for hydroxylation is 1. The van der Waals surface area contributed by atoms with E-state index in [1.165, 1.54) is 4.31 Å². The lowest BCUT2D eigenvalue weighted by atomic mass is 10.2. The largest absolute Gasteiger partial charge is 0.399 e. The number of terminal acetylenes is 1. The highest BCUT2D eigenvalue weighted by atomic mass is 32.2. The van der Waals surface area contributed by atoms with Gasteiger partial charge in [-0.1, -0.05) is 5.92 Å². The number of piperazine rings is 1. The van der Waals surface area contributed by atoms with E-state index in [0.717, 1.165) is 5.56 Å². The summed E-state index contributed by atoms with van der Waals surface area (Å²) in [6.45, 7) is 4.63. The zero-order valence-electron chi connectivity index (χ0n) is 11.5. The van der Waals surface area contributed by atoms with Gasteiger partial charge in [-0.2, -0.15) is 4.31 Å². The molecule has 2 N–H and O–H groups in total. The molecule has 1 saturated heterocycles. The summed E-state index contributed by atoms with van der Waals surface area (Å²) < 4.78 is 26.6. The number of hydrogen-bond donors (Lipinski definition) is 1.